The molecule has 1 unspecified atom stereocenters. The number of carbonyl (C=O) groups is 2. The molecule has 1 aromatic rings. The second-order valence-electron chi connectivity index (χ2n) is 9.36. The quantitative estimate of drug-likeness (QED) is 0.176. The molecule has 238 valence electrons. The number of anilines is 1. The van der Waals surface area contributed by atoms with Crippen LogP contribution in [0.2, 0.25) is 0 Å². The number of thioether (sulfide) groups is 2. The molecule has 2 heterocycles. The van der Waals surface area contributed by atoms with Crippen molar-refractivity contribution in [3.63, 3.8) is 0 Å². The van der Waals surface area contributed by atoms with Crippen molar-refractivity contribution in [2.24, 2.45) is 0 Å². The van der Waals surface area contributed by atoms with Gasteiger partial charge in [0, 0.05) is 11.4 Å². The molecule has 1 fully saturated rings. The first-order valence-electron chi connectivity index (χ1n) is 14.2. The number of nitrogens with zero attached hydrogens (tertiary/aromatic N) is 4. The molecule has 0 saturated carbocycles. The summed E-state index contributed by atoms with van der Waals surface area (Å²) in [6.07, 6.45) is 0.145. The molecule has 2 N–H and O–H groups in total. The molecule has 3 rings (SSSR count). The lowest BCUT2D eigenvalue weighted by Gasteiger charge is -2.22. The van der Waals surface area contributed by atoms with Crippen molar-refractivity contribution in [1.82, 2.24) is 14.7 Å². The van der Waals surface area contributed by atoms with Crippen LogP contribution in [0.5, 0.6) is 0 Å². The number of carboxylic acids is 1. The average Bonchev–Trinajstić information content (AvgIpc) is 3.45. The van der Waals surface area contributed by atoms with Gasteiger partial charge in [0.25, 0.3) is 16.0 Å². The van der Waals surface area contributed by atoms with Crippen molar-refractivity contribution < 1.29 is 27.7 Å². The van der Waals surface area contributed by atoms with Gasteiger partial charge in [-0.1, -0.05) is 89.4 Å². The number of fused-ring (bicyclic) bond motifs is 1. The number of carbonyl (C=O) groups excluding carboxylic acids is 1. The van der Waals surface area contributed by atoms with Gasteiger partial charge in [0.1, 0.15) is 20.8 Å². The monoisotopic (exact) mass is 662 g/mol. The number of hydrogen-bond acceptors (Lipinski definition) is 10. The zero-order chi connectivity index (χ0) is 32.0. The van der Waals surface area contributed by atoms with Gasteiger partial charge in [-0.25, -0.2) is 0 Å². The Balaban J connectivity index is 0.000000522. The molecular formula is C28H46N4O6S4. The zero-order valence-electron chi connectivity index (χ0n) is 25.7. The molecule has 1 amide bonds. The van der Waals surface area contributed by atoms with Gasteiger partial charge in [0.15, 0.2) is 0 Å². The van der Waals surface area contributed by atoms with E-state index in [1.165, 1.54) is 58.0 Å². The van der Waals surface area contributed by atoms with E-state index in [-0.39, 0.29) is 17.3 Å². The fraction of sp³-hybridized carbons (Fsp3) is 0.607. The van der Waals surface area contributed by atoms with Crippen LogP contribution >= 0.6 is 35.7 Å². The molecular weight excluding hydrogens is 617 g/mol. The summed E-state index contributed by atoms with van der Waals surface area (Å²) in [6, 6.07) is 7.41. The highest BCUT2D eigenvalue weighted by atomic mass is 32.2. The summed E-state index contributed by atoms with van der Waals surface area (Å²) in [4.78, 5) is 32.6. The van der Waals surface area contributed by atoms with Crippen LogP contribution in [0, 0.1) is 0 Å². The summed E-state index contributed by atoms with van der Waals surface area (Å²) < 4.78 is 32.1. The van der Waals surface area contributed by atoms with Gasteiger partial charge < -0.3 is 19.8 Å². The van der Waals surface area contributed by atoms with Crippen LogP contribution in [0.15, 0.2) is 39.1 Å². The number of aliphatic carboxylic acids is 1. The Morgan fingerprint density at radius 1 is 0.929 bits per heavy atom. The number of para-hydroxylation sites is 1. The number of thiocarbonyl (C=S) groups is 1. The van der Waals surface area contributed by atoms with Crippen molar-refractivity contribution >= 4 is 67.7 Å². The van der Waals surface area contributed by atoms with Crippen LogP contribution in [-0.2, 0) is 19.7 Å². The Morgan fingerprint density at radius 3 is 1.86 bits per heavy atom. The Hall–Kier alpha value is -1.68. The Bertz CT molecular complexity index is 1160. The van der Waals surface area contributed by atoms with Gasteiger partial charge in [-0.2, -0.15) is 8.42 Å². The van der Waals surface area contributed by atoms with Crippen LogP contribution in [0.1, 0.15) is 54.9 Å². The Kier molecular flexibility index (Phi) is 17.2. The first-order valence-corrected chi connectivity index (χ1v) is 17.8. The average molecular weight is 663 g/mol. The van der Waals surface area contributed by atoms with E-state index in [4.69, 9.17) is 17.3 Å². The van der Waals surface area contributed by atoms with Crippen LogP contribution < -0.4 is 4.90 Å². The van der Waals surface area contributed by atoms with Crippen LogP contribution in [-0.4, -0.2) is 107 Å². The third-order valence-electron chi connectivity index (χ3n) is 6.90. The summed E-state index contributed by atoms with van der Waals surface area (Å²) in [7, 11) is -4.17. The Labute approximate surface area is 265 Å². The predicted octanol–water partition coefficient (Wildman–Crippen LogP) is 5.08. The lowest BCUT2D eigenvalue weighted by Crippen LogP contribution is -2.34. The molecule has 0 radical (unpaired) electrons. The summed E-state index contributed by atoms with van der Waals surface area (Å²) in [5, 5.41) is 8.61. The maximum Gasteiger partial charge on any atom is 0.323 e. The van der Waals surface area contributed by atoms with Crippen molar-refractivity contribution in [3.05, 3.63) is 34.2 Å². The largest absolute Gasteiger partial charge is 0.480 e. The molecule has 1 aromatic carbocycles. The molecule has 14 heteroatoms. The Morgan fingerprint density at radius 2 is 1.43 bits per heavy atom. The molecule has 0 aromatic heterocycles. The topological polar surface area (TPSA) is 122 Å². The number of amides is 1. The van der Waals surface area contributed by atoms with Crippen molar-refractivity contribution in [3.8, 4) is 0 Å². The molecule has 0 aliphatic carbocycles. The minimum atomic E-state index is -4.17. The zero-order valence-corrected chi connectivity index (χ0v) is 29.0. The van der Waals surface area contributed by atoms with Gasteiger partial charge in [-0.3, -0.25) is 19.0 Å². The smallest absolute Gasteiger partial charge is 0.323 e. The molecule has 10 nitrogen and oxygen atoms in total. The highest BCUT2D eigenvalue weighted by molar-refractivity contribution is 8.27. The number of benzene rings is 1. The summed E-state index contributed by atoms with van der Waals surface area (Å²) >= 11 is 7.53. The van der Waals surface area contributed by atoms with E-state index in [9.17, 15) is 22.6 Å². The lowest BCUT2D eigenvalue weighted by molar-refractivity contribution is -0.140. The standard InChI is InChI=1S/C16H16N2O6S4.2C6H15N/c1-9(28(22,23)24)6-7-17-10-4-2-3-5-11(10)26-15(17)13-14(21)18(8-12(19)20)16(25)27-13;2*1-4-7(5-2)6-3/h2-5,9H,6-8H2,1H3,(H,19,20)(H,22,23,24);2*4-6H2,1-3H3/b15-13-;;. The third kappa shape index (κ3) is 11.4. The second kappa shape index (κ2) is 18.9. The van der Waals surface area contributed by atoms with E-state index >= 15 is 0 Å². The maximum absolute atomic E-state index is 12.8. The van der Waals surface area contributed by atoms with Crippen LogP contribution in [0.3, 0.4) is 0 Å². The summed E-state index contributed by atoms with van der Waals surface area (Å²) in [5.74, 6) is -1.65. The van der Waals surface area contributed by atoms with E-state index in [1.807, 2.05) is 29.2 Å². The van der Waals surface area contributed by atoms with Crippen molar-refractivity contribution in [2.75, 3.05) is 57.3 Å². The second-order valence-corrected chi connectivity index (χ2v) is 13.9. The molecule has 0 spiro atoms. The number of hydrogen-bond donors (Lipinski definition) is 2. The third-order valence-corrected chi connectivity index (χ3v) is 10.9. The van der Waals surface area contributed by atoms with Crippen LogP contribution in [0.25, 0.3) is 0 Å². The summed E-state index contributed by atoms with van der Waals surface area (Å²) in [6.45, 7) is 21.4. The van der Waals surface area contributed by atoms with E-state index in [0.29, 0.717) is 9.93 Å². The number of carboxylic acid groups (broad SMARTS) is 1. The summed E-state index contributed by atoms with van der Waals surface area (Å²) in [5.41, 5.74) is 0.813. The van der Waals surface area contributed by atoms with E-state index in [0.717, 1.165) is 27.2 Å². The molecule has 1 atom stereocenters. The SMILES string of the molecule is CC(CCN1/C(=C2/SC(=S)N(CC(=O)O)C2=O)Sc2ccccc21)S(=O)(=O)O.CCN(CC)CC.CCN(CC)CC. The normalized spacial score (nSPS) is 17.2. The first-order chi connectivity index (χ1) is 19.8. The van der Waals surface area contributed by atoms with Gasteiger partial charge in [-0.15, -0.1) is 0 Å². The molecule has 2 aliphatic heterocycles. The van der Waals surface area contributed by atoms with Gasteiger partial charge in [-0.05, 0) is 64.7 Å². The highest BCUT2D eigenvalue weighted by Crippen LogP contribution is 2.50. The fourth-order valence-electron chi connectivity index (χ4n) is 4.03. The van der Waals surface area contributed by atoms with Gasteiger partial charge >= 0.3 is 5.97 Å². The highest BCUT2D eigenvalue weighted by Gasteiger charge is 2.40. The lowest BCUT2D eigenvalue weighted by atomic mass is 10.2. The fourth-order valence-corrected chi connectivity index (χ4v) is 7.02. The van der Waals surface area contributed by atoms with Gasteiger partial charge in [0.05, 0.1) is 10.9 Å². The van der Waals surface area contributed by atoms with Crippen LogP contribution in [0.4, 0.5) is 5.69 Å². The molecule has 1 saturated heterocycles. The number of rotatable bonds is 12. The van der Waals surface area contributed by atoms with Crippen molar-refractivity contribution in [1.29, 1.82) is 0 Å². The minimum Gasteiger partial charge on any atom is -0.480 e. The van der Waals surface area contributed by atoms with E-state index in [1.54, 1.807) is 0 Å². The predicted molar refractivity (Wildman–Crippen MR) is 179 cm³/mol. The molecule has 0 bridgehead atoms. The molecule has 2 aliphatic rings. The first kappa shape index (κ1) is 38.3. The van der Waals surface area contributed by atoms with E-state index in [2.05, 4.69) is 51.3 Å². The van der Waals surface area contributed by atoms with Gasteiger partial charge in [0.2, 0.25) is 0 Å². The van der Waals surface area contributed by atoms with Crippen molar-refractivity contribution in [2.45, 2.75) is 65.0 Å². The maximum atomic E-state index is 12.8. The molecule has 42 heavy (non-hydrogen) atoms. The minimum absolute atomic E-state index is 0.145. The van der Waals surface area contributed by atoms with E-state index < -0.39 is 33.8 Å².